The summed E-state index contributed by atoms with van der Waals surface area (Å²) in [5.41, 5.74) is 0. The Morgan fingerprint density at radius 1 is 1.42 bits per heavy atom. The number of allylic oxidation sites excluding steroid dienone is 1. The summed E-state index contributed by atoms with van der Waals surface area (Å²) in [5.74, 6) is 0. The molecule has 0 saturated carbocycles. The first-order valence-corrected chi connectivity index (χ1v) is 4.69. The van der Waals surface area contributed by atoms with Crippen molar-refractivity contribution in [3.63, 3.8) is 0 Å². The molecular weight excluding hydrogens is 305 g/mol. The average molecular weight is 312 g/mol. The van der Waals surface area contributed by atoms with Gasteiger partial charge < -0.3 is 5.11 Å². The molecule has 1 atom stereocenters. The van der Waals surface area contributed by atoms with Crippen LogP contribution in [0.2, 0.25) is 0 Å². The lowest BCUT2D eigenvalue weighted by molar-refractivity contribution is -0.0838. The van der Waals surface area contributed by atoms with Gasteiger partial charge in [-0.2, -0.15) is 13.2 Å². The van der Waals surface area contributed by atoms with Crippen LogP contribution in [0.4, 0.5) is 13.2 Å². The minimum atomic E-state index is -4.45. The highest BCUT2D eigenvalue weighted by Crippen LogP contribution is 2.36. The zero-order valence-electron chi connectivity index (χ0n) is 6.12. The molecule has 0 heterocycles. The Labute approximate surface area is 84.9 Å². The average Bonchev–Trinajstić information content (AvgIpc) is 1.98. The van der Waals surface area contributed by atoms with Gasteiger partial charge in [0.25, 0.3) is 0 Å². The molecule has 6 heteroatoms. The summed E-state index contributed by atoms with van der Waals surface area (Å²) >= 11 is 5.02. The Balaban J connectivity index is 4.69. The normalized spacial score (nSPS) is 17.2. The van der Waals surface area contributed by atoms with E-state index in [1.807, 2.05) is 0 Å². The van der Waals surface area contributed by atoms with Crippen LogP contribution in [0.3, 0.4) is 0 Å². The van der Waals surface area contributed by atoms with E-state index in [0.717, 1.165) is 0 Å². The molecule has 0 fully saturated rings. The van der Waals surface area contributed by atoms with Crippen molar-refractivity contribution >= 4 is 31.9 Å². The summed E-state index contributed by atoms with van der Waals surface area (Å²) in [5, 5.41) is 9.03. The third-order valence-corrected chi connectivity index (χ3v) is 3.47. The molecule has 0 saturated heterocycles. The highest BCUT2D eigenvalue weighted by molar-refractivity contribution is 9.14. The van der Waals surface area contributed by atoms with Crippen molar-refractivity contribution in [3.8, 4) is 0 Å². The molecule has 1 nitrogen and oxygen atoms in total. The van der Waals surface area contributed by atoms with Crippen molar-refractivity contribution in [1.82, 2.24) is 0 Å². The van der Waals surface area contributed by atoms with Crippen molar-refractivity contribution in [1.29, 1.82) is 0 Å². The lowest BCUT2D eigenvalue weighted by Crippen LogP contribution is -2.14. The number of rotatable bonds is 2. The fourth-order valence-electron chi connectivity index (χ4n) is 0.461. The summed E-state index contributed by atoms with van der Waals surface area (Å²) in [4.78, 5) is 0. The van der Waals surface area contributed by atoms with Gasteiger partial charge in [-0.05, 0) is 22.4 Å². The van der Waals surface area contributed by atoms with E-state index in [-0.39, 0.29) is 10.9 Å². The van der Waals surface area contributed by atoms with Gasteiger partial charge in [0.15, 0.2) is 0 Å². The molecule has 12 heavy (non-hydrogen) atoms. The third-order valence-electron chi connectivity index (χ3n) is 1.14. The molecule has 1 N–H and O–H groups in total. The summed E-state index contributed by atoms with van der Waals surface area (Å²) in [6, 6.07) is 0. The molecule has 0 bridgehead atoms. The molecule has 0 aliphatic rings. The van der Waals surface area contributed by atoms with Gasteiger partial charge in [-0.1, -0.05) is 22.9 Å². The summed E-state index contributed by atoms with van der Waals surface area (Å²) in [7, 11) is 0. The summed E-state index contributed by atoms with van der Waals surface area (Å²) in [6.45, 7) is 1.59. The first-order chi connectivity index (χ1) is 5.30. The van der Waals surface area contributed by atoms with Crippen LogP contribution in [0.15, 0.2) is 8.96 Å². The Kier molecular flexibility index (Phi) is 4.79. The van der Waals surface area contributed by atoms with Crippen LogP contribution in [-0.4, -0.2) is 17.4 Å². The largest absolute Gasteiger partial charge is 0.423 e. The van der Waals surface area contributed by atoms with Gasteiger partial charge in [0, 0.05) is 4.48 Å². The van der Waals surface area contributed by atoms with Crippen LogP contribution in [0.5, 0.6) is 0 Å². The third kappa shape index (κ3) is 3.45. The summed E-state index contributed by atoms with van der Waals surface area (Å²) < 4.78 is 34.6. The highest BCUT2D eigenvalue weighted by atomic mass is 79.9. The molecule has 0 spiro atoms. The van der Waals surface area contributed by atoms with Gasteiger partial charge in [-0.15, -0.1) is 0 Å². The first-order valence-electron chi connectivity index (χ1n) is 3.11. The van der Waals surface area contributed by atoms with Gasteiger partial charge in [-0.25, -0.2) is 0 Å². The molecule has 0 aliphatic heterocycles. The Morgan fingerprint density at radius 2 is 1.83 bits per heavy atom. The second-order valence-corrected chi connectivity index (χ2v) is 3.73. The Morgan fingerprint density at radius 3 is 2.08 bits per heavy atom. The second-order valence-electron chi connectivity index (χ2n) is 2.08. The van der Waals surface area contributed by atoms with E-state index in [9.17, 15) is 13.2 Å². The van der Waals surface area contributed by atoms with E-state index in [2.05, 4.69) is 31.9 Å². The number of aliphatic hydroxyl groups excluding tert-OH is 1. The van der Waals surface area contributed by atoms with Crippen LogP contribution in [0.25, 0.3) is 0 Å². The van der Waals surface area contributed by atoms with Gasteiger partial charge >= 0.3 is 6.18 Å². The second kappa shape index (κ2) is 4.62. The van der Waals surface area contributed by atoms with Crippen molar-refractivity contribution in [2.45, 2.75) is 25.6 Å². The molecule has 1 unspecified atom stereocenters. The Bertz CT molecular complexity index is 188. The predicted octanol–water partition coefficient (Wildman–Crippen LogP) is 3.32. The Hall–Kier alpha value is 0.450. The van der Waals surface area contributed by atoms with E-state index < -0.39 is 16.8 Å². The molecule has 0 aromatic heterocycles. The van der Waals surface area contributed by atoms with Crippen molar-refractivity contribution in [2.75, 3.05) is 0 Å². The minimum absolute atomic E-state index is 0.228. The minimum Gasteiger partial charge on any atom is -0.388 e. The fourth-order valence-corrected chi connectivity index (χ4v) is 1.27. The number of alkyl halides is 3. The SMILES string of the molecule is CCC(O)/C(Br)=C(\Br)C(F)(F)F. The molecular formula is C6H7Br2F3O. The van der Waals surface area contributed by atoms with Crippen molar-refractivity contribution in [3.05, 3.63) is 8.96 Å². The monoisotopic (exact) mass is 310 g/mol. The fraction of sp³-hybridized carbons (Fsp3) is 0.667. The van der Waals surface area contributed by atoms with E-state index in [0.29, 0.717) is 0 Å². The van der Waals surface area contributed by atoms with Crippen molar-refractivity contribution in [2.24, 2.45) is 0 Å². The maximum atomic E-state index is 12.0. The van der Waals surface area contributed by atoms with Crippen LogP contribution in [-0.2, 0) is 0 Å². The van der Waals surface area contributed by atoms with Gasteiger partial charge in [0.1, 0.15) is 4.48 Å². The van der Waals surface area contributed by atoms with E-state index in [1.54, 1.807) is 6.92 Å². The quantitative estimate of drug-likeness (QED) is 0.829. The molecule has 0 radical (unpaired) electrons. The molecule has 0 aliphatic carbocycles. The summed E-state index contributed by atoms with van der Waals surface area (Å²) in [6.07, 6.45) is -5.33. The van der Waals surface area contributed by atoms with Crippen molar-refractivity contribution < 1.29 is 18.3 Å². The van der Waals surface area contributed by atoms with E-state index in [4.69, 9.17) is 5.11 Å². The maximum Gasteiger partial charge on any atom is 0.423 e. The molecule has 0 rings (SSSR count). The number of hydrogen-bond donors (Lipinski definition) is 1. The van der Waals surface area contributed by atoms with Crippen LogP contribution in [0, 0.1) is 0 Å². The van der Waals surface area contributed by atoms with E-state index in [1.165, 1.54) is 0 Å². The van der Waals surface area contributed by atoms with E-state index >= 15 is 0 Å². The molecule has 0 aromatic rings. The lowest BCUT2D eigenvalue weighted by atomic mass is 10.2. The predicted molar refractivity (Wildman–Crippen MR) is 47.2 cm³/mol. The number of hydrogen-bond acceptors (Lipinski definition) is 1. The molecule has 0 aromatic carbocycles. The first kappa shape index (κ1) is 12.4. The smallest absolute Gasteiger partial charge is 0.388 e. The van der Waals surface area contributed by atoms with Gasteiger partial charge in [0.2, 0.25) is 0 Å². The van der Waals surface area contributed by atoms with Crippen LogP contribution >= 0.6 is 31.9 Å². The zero-order valence-corrected chi connectivity index (χ0v) is 9.29. The standard InChI is InChI=1S/C6H7Br2F3O/c1-2-3(12)4(7)5(8)6(9,10)11/h3,12H,2H2,1H3/b5-4+. The van der Waals surface area contributed by atoms with Crippen LogP contribution < -0.4 is 0 Å². The highest BCUT2D eigenvalue weighted by Gasteiger charge is 2.35. The number of halogens is 5. The van der Waals surface area contributed by atoms with Gasteiger partial charge in [0.05, 0.1) is 6.10 Å². The van der Waals surface area contributed by atoms with Crippen LogP contribution in [0.1, 0.15) is 13.3 Å². The number of aliphatic hydroxyl groups is 1. The lowest BCUT2D eigenvalue weighted by Gasteiger charge is -2.11. The molecule has 72 valence electrons. The van der Waals surface area contributed by atoms with Gasteiger partial charge in [-0.3, -0.25) is 0 Å². The molecule has 0 amide bonds. The maximum absolute atomic E-state index is 12.0. The zero-order chi connectivity index (χ0) is 9.94. The topological polar surface area (TPSA) is 20.2 Å².